The van der Waals surface area contributed by atoms with E-state index in [1.165, 1.54) is 0 Å². The quantitative estimate of drug-likeness (QED) is 0.188. The van der Waals surface area contributed by atoms with Gasteiger partial charge in [-0.05, 0) is 5.92 Å². The van der Waals surface area contributed by atoms with Gasteiger partial charge in [-0.25, -0.2) is 10.3 Å². The number of rotatable bonds is 5. The second kappa shape index (κ2) is 6.74. The first-order valence-electron chi connectivity index (χ1n) is 2.98. The zero-order chi connectivity index (χ0) is 7.11. The molecule has 0 saturated heterocycles. The van der Waals surface area contributed by atoms with Gasteiger partial charge in [-0.2, -0.15) is 12.6 Å². The van der Waals surface area contributed by atoms with Crippen molar-refractivity contribution in [2.75, 3.05) is 11.6 Å². The van der Waals surface area contributed by atoms with Crippen LogP contribution in [0.1, 0.15) is 13.8 Å². The molecule has 0 rings (SSSR count). The fourth-order valence-electron chi connectivity index (χ4n) is 0.329. The third-order valence-corrected chi connectivity index (χ3v) is 1.52. The molecule has 56 valence electrons. The highest BCUT2D eigenvalue weighted by atomic mass is 32.2. The molecular formula is C5H14N2S2. The zero-order valence-corrected chi connectivity index (χ0v) is 7.56. The first kappa shape index (κ1) is 9.62. The van der Waals surface area contributed by atoms with Crippen molar-refractivity contribution in [3.63, 3.8) is 0 Å². The summed E-state index contributed by atoms with van der Waals surface area (Å²) in [4.78, 5) is 2.96. The molecule has 0 fully saturated rings. The Labute approximate surface area is 66.7 Å². The van der Waals surface area contributed by atoms with E-state index in [9.17, 15) is 0 Å². The Balaban J connectivity index is 2.75. The van der Waals surface area contributed by atoms with Crippen LogP contribution in [-0.2, 0) is 0 Å². The van der Waals surface area contributed by atoms with Crippen molar-refractivity contribution < 1.29 is 0 Å². The molecule has 0 aromatic heterocycles. The topological polar surface area (TPSA) is 24.1 Å². The fourth-order valence-corrected chi connectivity index (χ4v) is 0.773. The highest BCUT2D eigenvalue weighted by Crippen LogP contribution is 1.92. The van der Waals surface area contributed by atoms with Gasteiger partial charge < -0.3 is 0 Å². The Morgan fingerprint density at radius 1 is 1.56 bits per heavy atom. The van der Waals surface area contributed by atoms with Gasteiger partial charge in [-0.1, -0.05) is 25.8 Å². The zero-order valence-electron chi connectivity index (χ0n) is 5.85. The van der Waals surface area contributed by atoms with Gasteiger partial charge >= 0.3 is 0 Å². The van der Waals surface area contributed by atoms with Crippen molar-refractivity contribution in [1.82, 2.24) is 10.3 Å². The smallest absolute Gasteiger partial charge is 0.0519 e. The molecule has 0 amide bonds. The lowest BCUT2D eigenvalue weighted by molar-refractivity contribution is 0.546. The maximum absolute atomic E-state index is 4.01. The second-order valence-electron chi connectivity index (χ2n) is 2.15. The van der Waals surface area contributed by atoms with Gasteiger partial charge in [-0.15, -0.1) is 0 Å². The summed E-state index contributed by atoms with van der Waals surface area (Å²) in [5.41, 5.74) is 3.05. The molecule has 0 aromatic rings. The number of nitrogens with one attached hydrogen (secondary N) is 2. The molecule has 2 nitrogen and oxygen atoms in total. The van der Waals surface area contributed by atoms with E-state index < -0.39 is 0 Å². The van der Waals surface area contributed by atoms with Crippen LogP contribution in [0.4, 0.5) is 0 Å². The van der Waals surface area contributed by atoms with Crippen molar-refractivity contribution >= 4 is 24.6 Å². The lowest BCUT2D eigenvalue weighted by atomic mass is 10.2. The monoisotopic (exact) mass is 166 g/mol. The van der Waals surface area contributed by atoms with Gasteiger partial charge in [0.15, 0.2) is 0 Å². The van der Waals surface area contributed by atoms with E-state index in [2.05, 4.69) is 36.7 Å². The van der Waals surface area contributed by atoms with Crippen LogP contribution in [0, 0.1) is 5.92 Å². The van der Waals surface area contributed by atoms with Gasteiger partial charge in [0.1, 0.15) is 0 Å². The summed E-state index contributed by atoms with van der Waals surface area (Å²) in [5, 5.41) is 0.797. The van der Waals surface area contributed by atoms with Gasteiger partial charge in [0, 0.05) is 6.54 Å². The molecule has 9 heavy (non-hydrogen) atoms. The van der Waals surface area contributed by atoms with Gasteiger partial charge in [0.05, 0.1) is 5.08 Å². The largest absolute Gasteiger partial charge is 0.248 e. The van der Waals surface area contributed by atoms with Crippen LogP contribution in [0.25, 0.3) is 0 Å². The molecule has 2 N–H and O–H groups in total. The molecule has 0 unspecified atom stereocenters. The number of hydrazine groups is 1. The van der Waals surface area contributed by atoms with Crippen LogP contribution in [0.3, 0.4) is 0 Å². The summed E-state index contributed by atoms with van der Waals surface area (Å²) in [5.74, 6) is 0.693. The minimum absolute atomic E-state index is 0.693. The molecule has 0 spiro atoms. The predicted octanol–water partition coefficient (Wildman–Crippen LogP) is 1.27. The van der Waals surface area contributed by atoms with Crippen LogP contribution in [0.2, 0.25) is 0 Å². The van der Waals surface area contributed by atoms with Gasteiger partial charge in [0.25, 0.3) is 0 Å². The highest BCUT2D eigenvalue weighted by Gasteiger charge is 1.89. The summed E-state index contributed by atoms with van der Waals surface area (Å²) in [6.45, 7) is 5.33. The summed E-state index contributed by atoms with van der Waals surface area (Å²) >= 11 is 5.56. The van der Waals surface area contributed by atoms with Crippen molar-refractivity contribution in [1.29, 1.82) is 0 Å². The van der Waals surface area contributed by atoms with Crippen molar-refractivity contribution in [2.24, 2.45) is 5.92 Å². The summed E-state index contributed by atoms with van der Waals surface area (Å²) < 4.78 is 0. The summed E-state index contributed by atoms with van der Waals surface area (Å²) in [6.07, 6.45) is 0. The first-order chi connectivity index (χ1) is 4.27. The van der Waals surface area contributed by atoms with Gasteiger partial charge in [-0.3, -0.25) is 0 Å². The summed E-state index contributed by atoms with van der Waals surface area (Å²) in [6, 6.07) is 0. The Morgan fingerprint density at radius 2 is 2.22 bits per heavy atom. The van der Waals surface area contributed by atoms with E-state index in [0.29, 0.717) is 5.92 Å². The minimum Gasteiger partial charge on any atom is -0.248 e. The Bertz CT molecular complexity index is 58.9. The molecule has 0 heterocycles. The maximum Gasteiger partial charge on any atom is 0.0519 e. The molecule has 0 bridgehead atoms. The van der Waals surface area contributed by atoms with E-state index in [-0.39, 0.29) is 0 Å². The van der Waals surface area contributed by atoms with E-state index in [1.807, 2.05) is 0 Å². The van der Waals surface area contributed by atoms with Crippen LogP contribution in [0.15, 0.2) is 0 Å². The van der Waals surface area contributed by atoms with Crippen LogP contribution < -0.4 is 10.3 Å². The van der Waals surface area contributed by atoms with E-state index in [4.69, 9.17) is 0 Å². The number of hydrogen-bond acceptors (Lipinski definition) is 4. The average molecular weight is 166 g/mol. The lowest BCUT2D eigenvalue weighted by Gasteiger charge is -2.06. The standard InChI is InChI=1S/C5H14N2S2/c1-5(2)3-6-7-9-4-8/h5-8H,3-4H2,1-2H3. The second-order valence-corrected chi connectivity index (χ2v) is 3.68. The molecule has 0 atom stereocenters. The average Bonchev–Trinajstić information content (AvgIpc) is 1.80. The fraction of sp³-hybridized carbons (Fsp3) is 1.00. The molecule has 0 aliphatic rings. The molecule has 0 saturated carbocycles. The van der Waals surface area contributed by atoms with Crippen LogP contribution in [-0.4, -0.2) is 11.6 Å². The third-order valence-electron chi connectivity index (χ3n) is 0.719. The molecular weight excluding hydrogens is 152 g/mol. The summed E-state index contributed by atoms with van der Waals surface area (Å²) in [7, 11) is 0. The lowest BCUT2D eigenvalue weighted by Crippen LogP contribution is -2.29. The SMILES string of the molecule is CC(C)CNNSCS. The highest BCUT2D eigenvalue weighted by molar-refractivity contribution is 8.07. The Hall–Kier alpha value is 0.620. The molecule has 0 aliphatic heterocycles. The predicted molar refractivity (Wildman–Crippen MR) is 47.4 cm³/mol. The van der Waals surface area contributed by atoms with Crippen molar-refractivity contribution in [3.05, 3.63) is 0 Å². The molecule has 0 radical (unpaired) electrons. The Morgan fingerprint density at radius 3 is 2.67 bits per heavy atom. The molecule has 0 aromatic carbocycles. The number of thiol groups is 1. The van der Waals surface area contributed by atoms with Crippen molar-refractivity contribution in [2.45, 2.75) is 13.8 Å². The van der Waals surface area contributed by atoms with Gasteiger partial charge in [0.2, 0.25) is 0 Å². The first-order valence-corrected chi connectivity index (χ1v) is 4.59. The maximum atomic E-state index is 4.01. The van der Waals surface area contributed by atoms with Crippen LogP contribution in [0.5, 0.6) is 0 Å². The van der Waals surface area contributed by atoms with E-state index in [1.54, 1.807) is 11.9 Å². The van der Waals surface area contributed by atoms with Crippen molar-refractivity contribution in [3.8, 4) is 0 Å². The Kier molecular flexibility index (Phi) is 7.20. The van der Waals surface area contributed by atoms with Crippen LogP contribution >= 0.6 is 24.6 Å². The number of hydrogen-bond donors (Lipinski definition) is 3. The molecule has 4 heteroatoms. The van der Waals surface area contributed by atoms with E-state index in [0.717, 1.165) is 11.6 Å². The molecule has 0 aliphatic carbocycles. The normalized spacial score (nSPS) is 10.7. The minimum atomic E-state index is 0.693. The third kappa shape index (κ3) is 8.62. The van der Waals surface area contributed by atoms with E-state index >= 15 is 0 Å².